The molecule has 1 heterocycles. The van der Waals surface area contributed by atoms with Crippen LogP contribution in [0, 0.1) is 5.82 Å². The smallest absolute Gasteiger partial charge is 0.127 e. The molecule has 2 unspecified atom stereocenters. The van der Waals surface area contributed by atoms with E-state index >= 15 is 0 Å². The Hall–Kier alpha value is -0.970. The maximum absolute atomic E-state index is 13.6. The standard InChI is InChI=1S/C13H20FN3/c1-17-7-6-16-9-10(17)8-13(15)11-4-2-3-5-12(11)14/h2-5,10,13,16H,6-9,15H2,1H3. The molecule has 1 fully saturated rings. The van der Waals surface area contributed by atoms with Crippen LogP contribution in [-0.4, -0.2) is 37.6 Å². The molecule has 2 atom stereocenters. The summed E-state index contributed by atoms with van der Waals surface area (Å²) in [7, 11) is 2.10. The fourth-order valence-corrected chi connectivity index (χ4v) is 2.32. The Morgan fingerprint density at radius 3 is 3.00 bits per heavy atom. The highest BCUT2D eigenvalue weighted by Crippen LogP contribution is 2.21. The normalized spacial score (nSPS) is 23.6. The molecular formula is C13H20FN3. The first kappa shape index (κ1) is 12.5. The van der Waals surface area contributed by atoms with Crippen LogP contribution in [0.4, 0.5) is 4.39 Å². The Labute approximate surface area is 102 Å². The van der Waals surface area contributed by atoms with Crippen LogP contribution in [0.15, 0.2) is 24.3 Å². The molecule has 94 valence electrons. The third-order valence-corrected chi connectivity index (χ3v) is 3.48. The van der Waals surface area contributed by atoms with Gasteiger partial charge in [-0.3, -0.25) is 0 Å². The Kier molecular flexibility index (Phi) is 4.10. The minimum atomic E-state index is -0.233. The summed E-state index contributed by atoms with van der Waals surface area (Å²) in [6, 6.07) is 6.93. The van der Waals surface area contributed by atoms with E-state index in [1.165, 1.54) is 6.07 Å². The van der Waals surface area contributed by atoms with E-state index in [-0.39, 0.29) is 11.9 Å². The Morgan fingerprint density at radius 1 is 1.53 bits per heavy atom. The molecule has 4 heteroatoms. The Balaban J connectivity index is 2.01. The van der Waals surface area contributed by atoms with E-state index in [1.54, 1.807) is 12.1 Å². The molecule has 1 aliphatic rings. The van der Waals surface area contributed by atoms with Crippen LogP contribution in [-0.2, 0) is 0 Å². The number of halogens is 1. The lowest BCUT2D eigenvalue weighted by Crippen LogP contribution is -2.50. The van der Waals surface area contributed by atoms with Crippen LogP contribution in [0.5, 0.6) is 0 Å². The van der Waals surface area contributed by atoms with Gasteiger partial charge in [-0.05, 0) is 19.5 Å². The molecule has 1 aromatic rings. The number of piperazine rings is 1. The van der Waals surface area contributed by atoms with Crippen molar-refractivity contribution < 1.29 is 4.39 Å². The van der Waals surface area contributed by atoms with Crippen molar-refractivity contribution in [3.8, 4) is 0 Å². The first-order valence-electron chi connectivity index (χ1n) is 6.09. The van der Waals surface area contributed by atoms with Crippen molar-refractivity contribution >= 4 is 0 Å². The fourth-order valence-electron chi connectivity index (χ4n) is 2.32. The van der Waals surface area contributed by atoms with Crippen LogP contribution < -0.4 is 11.1 Å². The van der Waals surface area contributed by atoms with Gasteiger partial charge in [0.25, 0.3) is 0 Å². The minimum Gasteiger partial charge on any atom is -0.324 e. The van der Waals surface area contributed by atoms with E-state index < -0.39 is 0 Å². The molecule has 17 heavy (non-hydrogen) atoms. The van der Waals surface area contributed by atoms with E-state index in [4.69, 9.17) is 5.73 Å². The second-order valence-corrected chi connectivity index (χ2v) is 4.70. The predicted molar refractivity (Wildman–Crippen MR) is 67.2 cm³/mol. The summed E-state index contributed by atoms with van der Waals surface area (Å²) in [5.41, 5.74) is 6.71. The average molecular weight is 237 g/mol. The van der Waals surface area contributed by atoms with Crippen LogP contribution in [0.2, 0.25) is 0 Å². The molecule has 1 aromatic carbocycles. The summed E-state index contributed by atoms with van der Waals surface area (Å²) >= 11 is 0. The number of benzene rings is 1. The number of hydrogen-bond acceptors (Lipinski definition) is 3. The van der Waals surface area contributed by atoms with Gasteiger partial charge >= 0.3 is 0 Å². The summed E-state index contributed by atoms with van der Waals surface area (Å²) in [4.78, 5) is 2.29. The third-order valence-electron chi connectivity index (χ3n) is 3.48. The predicted octanol–water partition coefficient (Wildman–Crippen LogP) is 1.12. The number of likely N-dealkylation sites (N-methyl/N-ethyl adjacent to an activating group) is 1. The first-order chi connectivity index (χ1) is 8.18. The molecule has 0 aliphatic carbocycles. The highest BCUT2D eigenvalue weighted by Gasteiger charge is 2.22. The van der Waals surface area contributed by atoms with Gasteiger partial charge in [-0.1, -0.05) is 18.2 Å². The van der Waals surface area contributed by atoms with Crippen molar-refractivity contribution in [2.24, 2.45) is 5.73 Å². The van der Waals surface area contributed by atoms with Crippen LogP contribution >= 0.6 is 0 Å². The monoisotopic (exact) mass is 237 g/mol. The van der Waals surface area contributed by atoms with E-state index in [0.29, 0.717) is 11.6 Å². The van der Waals surface area contributed by atoms with Gasteiger partial charge in [0.2, 0.25) is 0 Å². The number of rotatable bonds is 3. The maximum Gasteiger partial charge on any atom is 0.127 e. The van der Waals surface area contributed by atoms with E-state index in [0.717, 1.165) is 26.1 Å². The number of nitrogens with zero attached hydrogens (tertiary/aromatic N) is 1. The number of nitrogens with two attached hydrogens (primary N) is 1. The molecule has 0 amide bonds. The highest BCUT2D eigenvalue weighted by molar-refractivity contribution is 5.21. The SMILES string of the molecule is CN1CCNCC1CC(N)c1ccccc1F. The zero-order valence-electron chi connectivity index (χ0n) is 10.2. The third kappa shape index (κ3) is 3.03. The van der Waals surface area contributed by atoms with Gasteiger partial charge in [0.1, 0.15) is 5.82 Å². The zero-order chi connectivity index (χ0) is 12.3. The fraction of sp³-hybridized carbons (Fsp3) is 0.538. The molecular weight excluding hydrogens is 217 g/mol. The quantitative estimate of drug-likeness (QED) is 0.827. The lowest BCUT2D eigenvalue weighted by molar-refractivity contribution is 0.182. The molecule has 0 spiro atoms. The number of nitrogens with one attached hydrogen (secondary N) is 1. The second-order valence-electron chi connectivity index (χ2n) is 4.70. The summed E-state index contributed by atoms with van der Waals surface area (Å²) in [5.74, 6) is -0.202. The van der Waals surface area contributed by atoms with E-state index in [9.17, 15) is 4.39 Å². The van der Waals surface area contributed by atoms with Gasteiger partial charge in [0, 0.05) is 37.3 Å². The van der Waals surface area contributed by atoms with Gasteiger partial charge < -0.3 is 16.0 Å². The van der Waals surface area contributed by atoms with Crippen molar-refractivity contribution in [1.29, 1.82) is 0 Å². The molecule has 0 aromatic heterocycles. The van der Waals surface area contributed by atoms with Crippen molar-refractivity contribution in [1.82, 2.24) is 10.2 Å². The number of hydrogen-bond donors (Lipinski definition) is 2. The van der Waals surface area contributed by atoms with Crippen LogP contribution in [0.3, 0.4) is 0 Å². The topological polar surface area (TPSA) is 41.3 Å². The lowest BCUT2D eigenvalue weighted by atomic mass is 9.98. The Bertz CT molecular complexity index is 369. The zero-order valence-corrected chi connectivity index (χ0v) is 10.2. The minimum absolute atomic E-state index is 0.202. The summed E-state index contributed by atoms with van der Waals surface area (Å²) < 4.78 is 13.6. The average Bonchev–Trinajstić information content (AvgIpc) is 2.32. The molecule has 3 nitrogen and oxygen atoms in total. The summed E-state index contributed by atoms with van der Waals surface area (Å²) in [5, 5.41) is 3.35. The molecule has 3 N–H and O–H groups in total. The summed E-state index contributed by atoms with van der Waals surface area (Å²) in [6.07, 6.45) is 0.782. The van der Waals surface area contributed by atoms with Crippen molar-refractivity contribution in [3.05, 3.63) is 35.6 Å². The molecule has 1 saturated heterocycles. The molecule has 0 radical (unpaired) electrons. The van der Waals surface area contributed by atoms with Crippen LogP contribution in [0.1, 0.15) is 18.0 Å². The maximum atomic E-state index is 13.6. The van der Waals surface area contributed by atoms with Gasteiger partial charge in [-0.2, -0.15) is 0 Å². The second kappa shape index (κ2) is 5.58. The first-order valence-corrected chi connectivity index (χ1v) is 6.09. The van der Waals surface area contributed by atoms with Crippen molar-refractivity contribution in [2.75, 3.05) is 26.7 Å². The van der Waals surface area contributed by atoms with Gasteiger partial charge in [0.05, 0.1) is 0 Å². The Morgan fingerprint density at radius 2 is 2.29 bits per heavy atom. The van der Waals surface area contributed by atoms with Gasteiger partial charge in [0.15, 0.2) is 0 Å². The van der Waals surface area contributed by atoms with Crippen molar-refractivity contribution in [3.63, 3.8) is 0 Å². The summed E-state index contributed by atoms with van der Waals surface area (Å²) in [6.45, 7) is 2.97. The van der Waals surface area contributed by atoms with Crippen molar-refractivity contribution in [2.45, 2.75) is 18.5 Å². The molecule has 0 saturated carbocycles. The van der Waals surface area contributed by atoms with Gasteiger partial charge in [-0.25, -0.2) is 4.39 Å². The van der Waals surface area contributed by atoms with E-state index in [1.807, 2.05) is 6.07 Å². The largest absolute Gasteiger partial charge is 0.324 e. The highest BCUT2D eigenvalue weighted by atomic mass is 19.1. The lowest BCUT2D eigenvalue weighted by Gasteiger charge is -2.34. The van der Waals surface area contributed by atoms with Gasteiger partial charge in [-0.15, -0.1) is 0 Å². The molecule has 1 aliphatic heterocycles. The van der Waals surface area contributed by atoms with Crippen LogP contribution in [0.25, 0.3) is 0 Å². The van der Waals surface area contributed by atoms with E-state index in [2.05, 4.69) is 17.3 Å². The molecule has 0 bridgehead atoms. The molecule has 2 rings (SSSR count).